The number of benzene rings is 2. The van der Waals surface area contributed by atoms with E-state index >= 15 is 0 Å². The Hall–Kier alpha value is -3.28. The van der Waals surface area contributed by atoms with Crippen molar-refractivity contribution in [2.75, 3.05) is 0 Å². The fourth-order valence-corrected chi connectivity index (χ4v) is 6.81. The second kappa shape index (κ2) is 9.76. The summed E-state index contributed by atoms with van der Waals surface area (Å²) >= 11 is 0. The lowest BCUT2D eigenvalue weighted by Crippen LogP contribution is -2.30. The molecule has 0 amide bonds. The van der Waals surface area contributed by atoms with Crippen LogP contribution in [0.1, 0.15) is 46.7 Å². The SMILES string of the molecule is C=Cc1ccc(-c2cn(Cc3ccccc3)c3c2=CC(C)C=C(c2c(C)[pH]c(CC)c2C)C=3)cc1. The van der Waals surface area contributed by atoms with Crippen molar-refractivity contribution in [1.82, 2.24) is 4.57 Å². The minimum atomic E-state index is 0.350. The maximum Gasteiger partial charge on any atom is 0.0493 e. The molecular weight excluding hydrogens is 441 g/mol. The Balaban J connectivity index is 1.74. The Labute approximate surface area is 210 Å². The van der Waals surface area contributed by atoms with Gasteiger partial charge in [-0.25, -0.2) is 0 Å². The summed E-state index contributed by atoms with van der Waals surface area (Å²) in [5.74, 6) is 0.350. The second-order valence-electron chi connectivity index (χ2n) is 9.66. The summed E-state index contributed by atoms with van der Waals surface area (Å²) in [6.07, 6.45) is 12.8. The minimum absolute atomic E-state index is 0.350. The average molecular weight is 476 g/mol. The van der Waals surface area contributed by atoms with Crippen LogP contribution in [0.2, 0.25) is 0 Å². The second-order valence-corrected chi connectivity index (χ2v) is 11.3. The molecule has 0 fully saturated rings. The fraction of sp³-hybridized carbons (Fsp3) is 0.212. The standard InChI is InChI=1S/C33H34NP/c1-6-25-13-15-27(16-14-25)30-21-34(20-26-11-9-8-10-12-26)31-19-28(17-22(3)18-29(30)31)33-23(4)32(7-2)35-24(33)5/h6,8-19,21-22,35H,1,7,20H2,2-5H3. The highest BCUT2D eigenvalue weighted by atomic mass is 31.0. The predicted molar refractivity (Wildman–Crippen MR) is 156 cm³/mol. The van der Waals surface area contributed by atoms with E-state index in [1.807, 2.05) is 6.08 Å². The van der Waals surface area contributed by atoms with Crippen molar-refractivity contribution in [1.29, 1.82) is 0 Å². The maximum atomic E-state index is 3.92. The molecule has 2 heteroatoms. The number of fused-ring (bicyclic) bond motifs is 1. The third-order valence-electron chi connectivity index (χ3n) is 7.16. The van der Waals surface area contributed by atoms with Crippen molar-refractivity contribution in [3.8, 4) is 11.1 Å². The van der Waals surface area contributed by atoms with Gasteiger partial charge >= 0.3 is 0 Å². The summed E-state index contributed by atoms with van der Waals surface area (Å²) in [7, 11) is 0.831. The first-order valence-corrected chi connectivity index (χ1v) is 13.6. The Kier molecular flexibility index (Phi) is 6.54. The average Bonchev–Trinajstić information content (AvgIpc) is 3.27. The van der Waals surface area contributed by atoms with Gasteiger partial charge in [0.05, 0.1) is 0 Å². The van der Waals surface area contributed by atoms with Gasteiger partial charge in [0.15, 0.2) is 0 Å². The van der Waals surface area contributed by atoms with E-state index in [0.717, 1.165) is 26.7 Å². The Bertz CT molecular complexity index is 1530. The molecule has 0 aliphatic heterocycles. The zero-order chi connectivity index (χ0) is 24.5. The van der Waals surface area contributed by atoms with E-state index in [9.17, 15) is 0 Å². The summed E-state index contributed by atoms with van der Waals surface area (Å²) in [5.41, 5.74) is 9.35. The highest BCUT2D eigenvalue weighted by Crippen LogP contribution is 2.38. The van der Waals surface area contributed by atoms with Crippen LogP contribution in [-0.4, -0.2) is 4.57 Å². The van der Waals surface area contributed by atoms with Gasteiger partial charge in [-0.15, -0.1) is 8.19 Å². The first kappa shape index (κ1) is 23.5. The summed E-state index contributed by atoms with van der Waals surface area (Å²) in [6.45, 7) is 14.0. The molecule has 1 aliphatic rings. The normalized spacial score (nSPS) is 15.2. The van der Waals surface area contributed by atoms with E-state index in [-0.39, 0.29) is 0 Å². The van der Waals surface area contributed by atoms with E-state index in [2.05, 4.69) is 118 Å². The molecule has 4 aromatic rings. The minimum Gasteiger partial charge on any atom is -0.342 e. The van der Waals surface area contributed by atoms with Crippen molar-refractivity contribution in [2.45, 2.75) is 40.7 Å². The van der Waals surface area contributed by atoms with Crippen LogP contribution in [0, 0.1) is 19.8 Å². The highest BCUT2D eigenvalue weighted by molar-refractivity contribution is 7.32. The molecule has 0 N–H and O–H groups in total. The van der Waals surface area contributed by atoms with E-state index in [4.69, 9.17) is 0 Å². The smallest absolute Gasteiger partial charge is 0.0493 e. The van der Waals surface area contributed by atoms with Crippen molar-refractivity contribution in [2.24, 2.45) is 5.92 Å². The lowest BCUT2D eigenvalue weighted by molar-refractivity contribution is 0.779. The molecule has 2 aromatic carbocycles. The summed E-state index contributed by atoms with van der Waals surface area (Å²) in [6, 6.07) is 19.5. The van der Waals surface area contributed by atoms with Crippen molar-refractivity contribution >= 4 is 32.0 Å². The van der Waals surface area contributed by atoms with Crippen LogP contribution in [0.4, 0.5) is 0 Å². The third-order valence-corrected chi connectivity index (χ3v) is 8.82. The van der Waals surface area contributed by atoms with Gasteiger partial charge in [-0.3, -0.25) is 0 Å². The lowest BCUT2D eigenvalue weighted by Gasteiger charge is -2.09. The molecule has 5 rings (SSSR count). The molecule has 176 valence electrons. The molecule has 35 heavy (non-hydrogen) atoms. The van der Waals surface area contributed by atoms with Gasteiger partial charge < -0.3 is 4.57 Å². The number of aryl methyl sites for hydroxylation is 2. The van der Waals surface area contributed by atoms with Crippen LogP contribution in [-0.2, 0) is 13.0 Å². The monoisotopic (exact) mass is 475 g/mol. The van der Waals surface area contributed by atoms with Crippen molar-refractivity contribution in [3.05, 3.63) is 117 Å². The number of nitrogens with zero attached hydrogens (tertiary/aromatic N) is 1. The Morgan fingerprint density at radius 2 is 1.74 bits per heavy atom. The summed E-state index contributed by atoms with van der Waals surface area (Å²) in [5, 5.41) is 5.77. The van der Waals surface area contributed by atoms with Gasteiger partial charge in [-0.1, -0.05) is 93.3 Å². The summed E-state index contributed by atoms with van der Waals surface area (Å²) in [4.78, 5) is 0. The van der Waals surface area contributed by atoms with E-state index < -0.39 is 0 Å². The predicted octanol–water partition coefficient (Wildman–Crippen LogP) is 7.35. The molecule has 1 aliphatic carbocycles. The van der Waals surface area contributed by atoms with Crippen LogP contribution < -0.4 is 10.6 Å². The van der Waals surface area contributed by atoms with Crippen LogP contribution in [0.3, 0.4) is 0 Å². The summed E-state index contributed by atoms with van der Waals surface area (Å²) < 4.78 is 2.44. The molecule has 0 radical (unpaired) electrons. The van der Waals surface area contributed by atoms with Gasteiger partial charge in [0, 0.05) is 28.9 Å². The molecule has 0 spiro atoms. The van der Waals surface area contributed by atoms with Gasteiger partial charge in [0.1, 0.15) is 0 Å². The highest BCUT2D eigenvalue weighted by Gasteiger charge is 2.17. The van der Waals surface area contributed by atoms with E-state index in [1.165, 1.54) is 49.3 Å². The number of rotatable bonds is 6. The fourth-order valence-electron chi connectivity index (χ4n) is 5.41. The van der Waals surface area contributed by atoms with Crippen LogP contribution in [0.5, 0.6) is 0 Å². The number of hydrogen-bond acceptors (Lipinski definition) is 0. The third kappa shape index (κ3) is 4.54. The molecule has 2 heterocycles. The molecule has 2 atom stereocenters. The first-order valence-electron chi connectivity index (χ1n) is 12.6. The van der Waals surface area contributed by atoms with Crippen molar-refractivity contribution < 1.29 is 0 Å². The number of aromatic nitrogens is 1. The van der Waals surface area contributed by atoms with E-state index in [1.54, 1.807) is 5.30 Å². The topological polar surface area (TPSA) is 4.93 Å². The first-order chi connectivity index (χ1) is 17.0. The molecule has 2 unspecified atom stereocenters. The lowest BCUT2D eigenvalue weighted by atomic mass is 9.97. The zero-order valence-corrected chi connectivity index (χ0v) is 22.2. The quantitative estimate of drug-likeness (QED) is 0.275. The Morgan fingerprint density at radius 3 is 2.40 bits per heavy atom. The molecular formula is C33H34NP. The molecule has 2 aromatic heterocycles. The van der Waals surface area contributed by atoms with Crippen molar-refractivity contribution in [3.63, 3.8) is 0 Å². The van der Waals surface area contributed by atoms with Crippen LogP contribution in [0.25, 0.3) is 34.9 Å². The van der Waals surface area contributed by atoms with Crippen LogP contribution >= 0.6 is 8.19 Å². The molecule has 1 nitrogen and oxygen atoms in total. The number of allylic oxidation sites excluding steroid dienone is 2. The van der Waals surface area contributed by atoms with E-state index in [0.29, 0.717) is 5.92 Å². The van der Waals surface area contributed by atoms with Gasteiger partial charge in [0.25, 0.3) is 0 Å². The zero-order valence-electron chi connectivity index (χ0n) is 21.2. The van der Waals surface area contributed by atoms with Gasteiger partial charge in [-0.05, 0) is 76.2 Å². The van der Waals surface area contributed by atoms with Gasteiger partial charge in [-0.2, -0.15) is 0 Å². The molecule has 0 bridgehead atoms. The maximum absolute atomic E-state index is 3.92. The molecule has 0 saturated heterocycles. The van der Waals surface area contributed by atoms with Gasteiger partial charge in [0.2, 0.25) is 0 Å². The molecule has 0 saturated carbocycles. The Morgan fingerprint density at radius 1 is 1.00 bits per heavy atom. The number of hydrogen-bond donors (Lipinski definition) is 0. The van der Waals surface area contributed by atoms with Crippen LogP contribution in [0.15, 0.2) is 73.4 Å². The largest absolute Gasteiger partial charge is 0.342 e.